The predicted molar refractivity (Wildman–Crippen MR) is 370 cm³/mol. The zero-order valence-corrected chi connectivity index (χ0v) is 56.9. The minimum Gasteiger partial charge on any atom is -0.466 e. The van der Waals surface area contributed by atoms with Crippen LogP contribution in [0.2, 0.25) is 0 Å². The van der Waals surface area contributed by atoms with Crippen molar-refractivity contribution in [1.29, 1.82) is 0 Å². The van der Waals surface area contributed by atoms with Crippen LogP contribution in [-0.2, 0) is 14.3 Å². The number of carbonyl (C=O) groups excluding carboxylic acids is 2. The number of hydrogen-bond acceptors (Lipinski definition) is 5. The van der Waals surface area contributed by atoms with E-state index in [1.54, 1.807) is 6.08 Å². The molecule has 0 aromatic heterocycles. The fourth-order valence-corrected chi connectivity index (χ4v) is 12.1. The van der Waals surface area contributed by atoms with Crippen molar-refractivity contribution >= 4 is 11.9 Å². The summed E-state index contributed by atoms with van der Waals surface area (Å²) in [6, 6.07) is -0.630. The summed E-state index contributed by atoms with van der Waals surface area (Å²) in [4.78, 5) is 24.6. The van der Waals surface area contributed by atoms with Gasteiger partial charge in [-0.25, -0.2) is 0 Å². The van der Waals surface area contributed by atoms with Crippen LogP contribution in [-0.4, -0.2) is 47.4 Å². The van der Waals surface area contributed by atoms with Crippen molar-refractivity contribution in [2.24, 2.45) is 0 Å². The maximum atomic E-state index is 12.5. The molecule has 1 amide bonds. The highest BCUT2D eigenvalue weighted by Crippen LogP contribution is 2.19. The highest BCUT2D eigenvalue weighted by molar-refractivity contribution is 5.76. The average Bonchev–Trinajstić information content (AvgIpc) is 3.51. The molecule has 0 aromatic carbocycles. The van der Waals surface area contributed by atoms with Crippen LogP contribution < -0.4 is 5.32 Å². The Morgan fingerprint density at radius 2 is 0.595 bits per heavy atom. The number of ether oxygens (including phenoxy) is 1. The Bertz CT molecular complexity index is 1360. The fourth-order valence-electron chi connectivity index (χ4n) is 12.1. The predicted octanol–water partition coefficient (Wildman–Crippen LogP) is 25.0. The Hall–Kier alpha value is -1.92. The van der Waals surface area contributed by atoms with E-state index in [2.05, 4.69) is 43.5 Å². The van der Waals surface area contributed by atoms with Gasteiger partial charge in [-0.15, -0.1) is 0 Å². The lowest BCUT2D eigenvalue weighted by Gasteiger charge is -2.20. The third kappa shape index (κ3) is 69.2. The molecular formula is C78H149NO5. The van der Waals surface area contributed by atoms with Crippen molar-refractivity contribution in [3.05, 3.63) is 36.5 Å². The lowest BCUT2D eigenvalue weighted by Crippen LogP contribution is -2.45. The van der Waals surface area contributed by atoms with E-state index in [0.29, 0.717) is 19.4 Å². The van der Waals surface area contributed by atoms with Gasteiger partial charge in [-0.3, -0.25) is 9.59 Å². The molecule has 0 aliphatic heterocycles. The number of hydrogen-bond donors (Lipinski definition) is 3. The van der Waals surface area contributed by atoms with Crippen molar-refractivity contribution in [1.82, 2.24) is 5.32 Å². The molecule has 6 heteroatoms. The topological polar surface area (TPSA) is 95.9 Å². The summed E-state index contributed by atoms with van der Waals surface area (Å²) in [7, 11) is 0. The summed E-state index contributed by atoms with van der Waals surface area (Å²) in [6.07, 6.45) is 95.3. The van der Waals surface area contributed by atoms with E-state index in [1.807, 2.05) is 6.08 Å². The van der Waals surface area contributed by atoms with Crippen LogP contribution in [0.1, 0.15) is 425 Å². The standard InChI is InChI=1S/C78H149NO5/c1-3-5-7-9-11-13-15-17-19-21-23-35-38-42-46-50-54-58-62-66-70-76(81)75(74-80)79-77(82)71-67-63-59-55-51-47-43-39-36-33-31-29-27-25-24-26-28-30-32-34-37-41-45-49-53-57-61-65-69-73-84-78(83)72-68-64-60-56-52-48-44-40-22-20-18-16-14-12-10-8-6-4-2/h24,26,30,32,66,70,75-76,80-81H,3-23,25,27-29,31,33-65,67-69,71-74H2,1-2H3,(H,79,82)/b26-24-,32-30-,70-66+. The van der Waals surface area contributed by atoms with Gasteiger partial charge in [0.25, 0.3) is 0 Å². The van der Waals surface area contributed by atoms with E-state index in [1.165, 1.54) is 353 Å². The maximum absolute atomic E-state index is 12.5. The molecular weight excluding hydrogens is 1030 g/mol. The van der Waals surface area contributed by atoms with Crippen LogP contribution in [0, 0.1) is 0 Å². The summed E-state index contributed by atoms with van der Waals surface area (Å²) >= 11 is 0. The molecule has 2 atom stereocenters. The zero-order chi connectivity index (χ0) is 60.6. The molecule has 0 rings (SSSR count). The Labute approximate surface area is 525 Å². The molecule has 0 aliphatic rings. The molecule has 0 saturated heterocycles. The first-order chi connectivity index (χ1) is 41.5. The summed E-state index contributed by atoms with van der Waals surface area (Å²) in [5, 5.41) is 23.3. The van der Waals surface area contributed by atoms with Gasteiger partial charge >= 0.3 is 5.97 Å². The van der Waals surface area contributed by atoms with Crippen molar-refractivity contribution in [3.8, 4) is 0 Å². The first-order valence-corrected chi connectivity index (χ1v) is 38.3. The third-order valence-corrected chi connectivity index (χ3v) is 17.9. The number of aliphatic hydroxyl groups excluding tert-OH is 2. The van der Waals surface area contributed by atoms with Crippen molar-refractivity contribution < 1.29 is 24.5 Å². The monoisotopic (exact) mass is 1180 g/mol. The number of unbranched alkanes of at least 4 members (excludes halogenated alkanes) is 57. The van der Waals surface area contributed by atoms with Crippen LogP contribution in [0.3, 0.4) is 0 Å². The summed E-state index contributed by atoms with van der Waals surface area (Å²) in [6.45, 7) is 4.95. The second-order valence-corrected chi connectivity index (χ2v) is 26.3. The molecule has 0 fully saturated rings. The molecule has 496 valence electrons. The van der Waals surface area contributed by atoms with Crippen LogP contribution >= 0.6 is 0 Å². The number of nitrogens with one attached hydrogen (secondary N) is 1. The number of rotatable bonds is 72. The van der Waals surface area contributed by atoms with E-state index in [9.17, 15) is 19.8 Å². The summed E-state index contributed by atoms with van der Waals surface area (Å²) in [5.41, 5.74) is 0. The van der Waals surface area contributed by atoms with E-state index in [0.717, 1.165) is 44.9 Å². The van der Waals surface area contributed by atoms with Crippen LogP contribution in [0.5, 0.6) is 0 Å². The van der Waals surface area contributed by atoms with Gasteiger partial charge in [0.1, 0.15) is 0 Å². The van der Waals surface area contributed by atoms with E-state index >= 15 is 0 Å². The second kappa shape index (κ2) is 73.5. The van der Waals surface area contributed by atoms with Gasteiger partial charge in [-0.1, -0.05) is 384 Å². The highest BCUT2D eigenvalue weighted by atomic mass is 16.5. The summed E-state index contributed by atoms with van der Waals surface area (Å²) < 4.78 is 5.51. The fraction of sp³-hybridized carbons (Fsp3) is 0.897. The molecule has 0 aromatic rings. The van der Waals surface area contributed by atoms with Gasteiger partial charge in [-0.05, 0) is 64.2 Å². The molecule has 3 N–H and O–H groups in total. The van der Waals surface area contributed by atoms with E-state index in [4.69, 9.17) is 4.74 Å². The normalized spacial score (nSPS) is 12.7. The molecule has 0 spiro atoms. The SMILES string of the molecule is CCCCCCCCCCCCCCCCCCCC/C=C/C(O)C(CO)NC(=O)CCCCCCCCCCCCCCC/C=C\C/C=C\CCCCCCCCCCCOC(=O)CCCCCCCCCCCCCCCCCCCC. The molecule has 84 heavy (non-hydrogen) atoms. The first kappa shape index (κ1) is 82.1. The molecule has 2 unspecified atom stereocenters. The number of aliphatic hydroxyl groups is 2. The van der Waals surface area contributed by atoms with Crippen molar-refractivity contribution in [2.45, 2.75) is 437 Å². The largest absolute Gasteiger partial charge is 0.466 e. The third-order valence-electron chi connectivity index (χ3n) is 17.9. The molecule has 0 bridgehead atoms. The quantitative estimate of drug-likeness (QED) is 0.0320. The number of amides is 1. The highest BCUT2D eigenvalue weighted by Gasteiger charge is 2.18. The Kier molecular flexibility index (Phi) is 71.9. The number of esters is 1. The van der Waals surface area contributed by atoms with Crippen molar-refractivity contribution in [3.63, 3.8) is 0 Å². The van der Waals surface area contributed by atoms with Gasteiger partial charge in [0.05, 0.1) is 25.4 Å². The second-order valence-electron chi connectivity index (χ2n) is 26.3. The lowest BCUT2D eigenvalue weighted by atomic mass is 10.0. The average molecular weight is 1180 g/mol. The van der Waals surface area contributed by atoms with E-state index in [-0.39, 0.29) is 18.5 Å². The number of carbonyl (C=O) groups is 2. The molecule has 0 saturated carbocycles. The molecule has 6 nitrogen and oxygen atoms in total. The van der Waals surface area contributed by atoms with E-state index < -0.39 is 12.1 Å². The maximum Gasteiger partial charge on any atom is 0.305 e. The van der Waals surface area contributed by atoms with Gasteiger partial charge in [0.2, 0.25) is 5.91 Å². The van der Waals surface area contributed by atoms with Gasteiger partial charge < -0.3 is 20.3 Å². The van der Waals surface area contributed by atoms with Crippen LogP contribution in [0.15, 0.2) is 36.5 Å². The van der Waals surface area contributed by atoms with Gasteiger partial charge in [0, 0.05) is 12.8 Å². The number of allylic oxidation sites excluding steroid dienone is 5. The van der Waals surface area contributed by atoms with Crippen molar-refractivity contribution in [2.75, 3.05) is 13.2 Å². The van der Waals surface area contributed by atoms with Gasteiger partial charge in [-0.2, -0.15) is 0 Å². The van der Waals surface area contributed by atoms with Crippen LogP contribution in [0.25, 0.3) is 0 Å². The Morgan fingerprint density at radius 3 is 0.905 bits per heavy atom. The van der Waals surface area contributed by atoms with Gasteiger partial charge in [0.15, 0.2) is 0 Å². The minimum atomic E-state index is -0.846. The zero-order valence-electron chi connectivity index (χ0n) is 56.9. The molecule has 0 aliphatic carbocycles. The lowest BCUT2D eigenvalue weighted by molar-refractivity contribution is -0.143. The minimum absolute atomic E-state index is 0.0168. The van der Waals surface area contributed by atoms with Crippen LogP contribution in [0.4, 0.5) is 0 Å². The molecule has 0 radical (unpaired) electrons. The Balaban J connectivity index is 3.41. The smallest absolute Gasteiger partial charge is 0.305 e. The summed E-state index contributed by atoms with van der Waals surface area (Å²) in [5.74, 6) is -0.0483. The molecule has 0 heterocycles. The first-order valence-electron chi connectivity index (χ1n) is 38.3. The Morgan fingerprint density at radius 1 is 0.333 bits per heavy atom.